The Morgan fingerprint density at radius 1 is 1.47 bits per heavy atom. The zero-order chi connectivity index (χ0) is 13.7. The average molecular weight is 265 g/mol. The highest BCUT2D eigenvalue weighted by molar-refractivity contribution is 5.04. The summed E-state index contributed by atoms with van der Waals surface area (Å²) >= 11 is 0. The topological polar surface area (TPSA) is 50.1 Å². The van der Waals surface area contributed by atoms with Crippen LogP contribution < -0.4 is 5.32 Å². The van der Waals surface area contributed by atoms with E-state index in [-0.39, 0.29) is 0 Å². The Balaban J connectivity index is 1.87. The Bertz CT molecular complexity index is 380. The van der Waals surface area contributed by atoms with Crippen LogP contribution in [0.1, 0.15) is 57.7 Å². The van der Waals surface area contributed by atoms with Crippen LogP contribution in [0.5, 0.6) is 0 Å². The second-order valence-electron chi connectivity index (χ2n) is 6.08. The molecule has 1 fully saturated rings. The summed E-state index contributed by atoms with van der Waals surface area (Å²) in [6.07, 6.45) is 8.90. The highest BCUT2D eigenvalue weighted by atomic mass is 16.3. The van der Waals surface area contributed by atoms with Crippen molar-refractivity contribution in [1.29, 1.82) is 0 Å². The van der Waals surface area contributed by atoms with Crippen molar-refractivity contribution < 1.29 is 5.11 Å². The van der Waals surface area contributed by atoms with Gasteiger partial charge in [-0.25, -0.2) is 0 Å². The van der Waals surface area contributed by atoms with Gasteiger partial charge in [0.25, 0.3) is 0 Å². The van der Waals surface area contributed by atoms with Crippen LogP contribution in [0.4, 0.5) is 0 Å². The van der Waals surface area contributed by atoms with Crippen LogP contribution in [0, 0.1) is 0 Å². The van der Waals surface area contributed by atoms with Gasteiger partial charge in [0, 0.05) is 19.2 Å². The molecule has 0 spiro atoms. The molecule has 19 heavy (non-hydrogen) atoms. The summed E-state index contributed by atoms with van der Waals surface area (Å²) < 4.78 is 2.10. The highest BCUT2D eigenvalue weighted by Crippen LogP contribution is 2.28. The molecule has 2 N–H and O–H groups in total. The van der Waals surface area contributed by atoms with Gasteiger partial charge in [0.2, 0.25) is 0 Å². The molecule has 1 saturated carbocycles. The van der Waals surface area contributed by atoms with Gasteiger partial charge >= 0.3 is 0 Å². The second kappa shape index (κ2) is 6.53. The van der Waals surface area contributed by atoms with E-state index >= 15 is 0 Å². The van der Waals surface area contributed by atoms with Crippen molar-refractivity contribution in [2.75, 3.05) is 13.1 Å². The van der Waals surface area contributed by atoms with Crippen LogP contribution in [0.25, 0.3) is 0 Å². The maximum atomic E-state index is 10.4. The summed E-state index contributed by atoms with van der Waals surface area (Å²) in [6.45, 7) is 5.58. The number of nitrogens with one attached hydrogen (secondary N) is 1. The summed E-state index contributed by atoms with van der Waals surface area (Å²) in [5, 5.41) is 18.3. The first-order chi connectivity index (χ1) is 9.11. The Labute approximate surface area is 116 Å². The third-order valence-corrected chi connectivity index (χ3v) is 3.86. The minimum Gasteiger partial charge on any atom is -0.388 e. The van der Waals surface area contributed by atoms with Crippen LogP contribution in [0.2, 0.25) is 0 Å². The summed E-state index contributed by atoms with van der Waals surface area (Å²) in [6, 6.07) is 2.63. The lowest BCUT2D eigenvalue weighted by Gasteiger charge is -2.22. The lowest BCUT2D eigenvalue weighted by Crippen LogP contribution is -2.40. The smallest absolute Gasteiger partial charge is 0.0799 e. The molecular weight excluding hydrogens is 238 g/mol. The van der Waals surface area contributed by atoms with Crippen molar-refractivity contribution in [1.82, 2.24) is 15.1 Å². The minimum atomic E-state index is -0.718. The minimum absolute atomic E-state index is 0.580. The highest BCUT2D eigenvalue weighted by Gasteiger charge is 2.23. The van der Waals surface area contributed by atoms with Crippen LogP contribution in [0.15, 0.2) is 12.3 Å². The molecule has 0 bridgehead atoms. The van der Waals surface area contributed by atoms with Crippen molar-refractivity contribution in [2.45, 2.75) is 64.0 Å². The molecule has 1 aromatic heterocycles. The molecule has 1 atom stereocenters. The standard InChI is InChI=1S/C15H27N3O/c1-3-9-16-12-15(2,19)11-13-8-10-18(17-13)14-6-4-5-7-14/h8,10,14,16,19H,3-7,9,11-12H2,1-2H3. The Morgan fingerprint density at radius 3 is 2.89 bits per heavy atom. The zero-order valence-electron chi connectivity index (χ0n) is 12.2. The summed E-state index contributed by atoms with van der Waals surface area (Å²) in [4.78, 5) is 0. The summed E-state index contributed by atoms with van der Waals surface area (Å²) in [7, 11) is 0. The molecule has 2 rings (SSSR count). The zero-order valence-corrected chi connectivity index (χ0v) is 12.2. The van der Waals surface area contributed by atoms with Gasteiger partial charge in [-0.15, -0.1) is 0 Å². The van der Waals surface area contributed by atoms with Crippen molar-refractivity contribution in [3.05, 3.63) is 18.0 Å². The second-order valence-corrected chi connectivity index (χ2v) is 6.08. The normalized spacial score (nSPS) is 19.7. The van der Waals surface area contributed by atoms with E-state index in [1.165, 1.54) is 25.7 Å². The Hall–Kier alpha value is -0.870. The predicted octanol–water partition coefficient (Wildman–Crippen LogP) is 2.29. The summed E-state index contributed by atoms with van der Waals surface area (Å²) in [5.41, 5.74) is 0.277. The third-order valence-electron chi connectivity index (χ3n) is 3.86. The van der Waals surface area contributed by atoms with E-state index in [9.17, 15) is 5.11 Å². The molecule has 4 nitrogen and oxygen atoms in total. The Kier molecular flexibility index (Phi) is 4.99. The van der Waals surface area contributed by atoms with Gasteiger partial charge in [0.05, 0.1) is 17.3 Å². The lowest BCUT2D eigenvalue weighted by molar-refractivity contribution is 0.0592. The third kappa shape index (κ3) is 4.32. The molecule has 4 heteroatoms. The molecule has 0 radical (unpaired) electrons. The van der Waals surface area contributed by atoms with Gasteiger partial charge in [-0.2, -0.15) is 5.10 Å². The Morgan fingerprint density at radius 2 is 2.21 bits per heavy atom. The van der Waals surface area contributed by atoms with Crippen LogP contribution in [-0.2, 0) is 6.42 Å². The number of rotatable bonds is 7. The number of hydrogen-bond donors (Lipinski definition) is 2. The monoisotopic (exact) mass is 265 g/mol. The molecule has 1 aliphatic rings. The predicted molar refractivity (Wildman–Crippen MR) is 77.2 cm³/mol. The average Bonchev–Trinajstić information content (AvgIpc) is 2.98. The molecule has 1 aliphatic carbocycles. The lowest BCUT2D eigenvalue weighted by atomic mass is 10.0. The van der Waals surface area contributed by atoms with Gasteiger partial charge in [0.15, 0.2) is 0 Å². The van der Waals surface area contributed by atoms with E-state index in [1.807, 2.05) is 13.0 Å². The van der Waals surface area contributed by atoms with E-state index in [0.29, 0.717) is 19.0 Å². The van der Waals surface area contributed by atoms with Crippen molar-refractivity contribution in [3.63, 3.8) is 0 Å². The molecule has 1 aromatic rings. The van der Waals surface area contributed by atoms with E-state index in [0.717, 1.165) is 18.7 Å². The molecule has 108 valence electrons. The van der Waals surface area contributed by atoms with E-state index in [4.69, 9.17) is 0 Å². The fraction of sp³-hybridized carbons (Fsp3) is 0.800. The molecule has 0 amide bonds. The fourth-order valence-corrected chi connectivity index (χ4v) is 2.83. The molecule has 1 unspecified atom stereocenters. The van der Waals surface area contributed by atoms with Gasteiger partial charge in [-0.05, 0) is 38.8 Å². The fourth-order valence-electron chi connectivity index (χ4n) is 2.83. The van der Waals surface area contributed by atoms with Crippen LogP contribution >= 0.6 is 0 Å². The quantitative estimate of drug-likeness (QED) is 0.744. The maximum absolute atomic E-state index is 10.4. The first kappa shape index (κ1) is 14.5. The van der Waals surface area contributed by atoms with E-state index in [2.05, 4.69) is 28.2 Å². The first-order valence-corrected chi connectivity index (χ1v) is 7.58. The molecule has 0 saturated heterocycles. The van der Waals surface area contributed by atoms with Gasteiger partial charge in [0.1, 0.15) is 0 Å². The van der Waals surface area contributed by atoms with Crippen molar-refractivity contribution >= 4 is 0 Å². The number of aliphatic hydroxyl groups is 1. The molecule has 0 aliphatic heterocycles. The van der Waals surface area contributed by atoms with Gasteiger partial charge in [-0.1, -0.05) is 19.8 Å². The van der Waals surface area contributed by atoms with Crippen LogP contribution in [0.3, 0.4) is 0 Å². The molecule has 1 heterocycles. The van der Waals surface area contributed by atoms with E-state index in [1.54, 1.807) is 0 Å². The number of hydrogen-bond acceptors (Lipinski definition) is 3. The molecular formula is C15H27N3O. The number of aromatic nitrogens is 2. The van der Waals surface area contributed by atoms with E-state index < -0.39 is 5.60 Å². The summed E-state index contributed by atoms with van der Waals surface area (Å²) in [5.74, 6) is 0. The van der Waals surface area contributed by atoms with Gasteiger partial charge < -0.3 is 10.4 Å². The van der Waals surface area contributed by atoms with Crippen LogP contribution in [-0.4, -0.2) is 33.6 Å². The largest absolute Gasteiger partial charge is 0.388 e. The molecule has 0 aromatic carbocycles. The van der Waals surface area contributed by atoms with Crippen molar-refractivity contribution in [2.24, 2.45) is 0 Å². The first-order valence-electron chi connectivity index (χ1n) is 7.58. The van der Waals surface area contributed by atoms with Gasteiger partial charge in [-0.3, -0.25) is 4.68 Å². The SMILES string of the molecule is CCCNCC(C)(O)Cc1ccn(C2CCCC2)n1. The van der Waals surface area contributed by atoms with Crippen molar-refractivity contribution in [3.8, 4) is 0 Å². The number of nitrogens with zero attached hydrogens (tertiary/aromatic N) is 2. The maximum Gasteiger partial charge on any atom is 0.0799 e.